The van der Waals surface area contributed by atoms with Crippen LogP contribution in [0.3, 0.4) is 0 Å². The highest BCUT2D eigenvalue weighted by molar-refractivity contribution is 6.36. The van der Waals surface area contributed by atoms with Gasteiger partial charge in [0.05, 0.1) is 10.6 Å². The quantitative estimate of drug-likeness (QED) is 0.772. The Morgan fingerprint density at radius 1 is 1.29 bits per heavy atom. The van der Waals surface area contributed by atoms with Crippen molar-refractivity contribution >= 4 is 29.2 Å². The van der Waals surface area contributed by atoms with Crippen molar-refractivity contribution in [3.63, 3.8) is 0 Å². The summed E-state index contributed by atoms with van der Waals surface area (Å²) in [5, 5.41) is 0.854. The van der Waals surface area contributed by atoms with Gasteiger partial charge in [0.25, 0.3) is 0 Å². The van der Waals surface area contributed by atoms with Crippen LogP contribution in [0.15, 0.2) is 18.2 Å². The lowest BCUT2D eigenvalue weighted by Gasteiger charge is -2.33. The van der Waals surface area contributed by atoms with E-state index in [1.54, 1.807) is 18.2 Å². The number of carbonyl (C=O) groups excluding carboxylic acids is 1. The summed E-state index contributed by atoms with van der Waals surface area (Å²) in [4.78, 5) is 14.5. The predicted molar refractivity (Wildman–Crippen MR) is 86.2 cm³/mol. The first-order valence-electron chi connectivity index (χ1n) is 7.28. The monoisotopic (exact) mass is 329 g/mol. The molecule has 0 aliphatic heterocycles. The third kappa shape index (κ3) is 4.60. The summed E-state index contributed by atoms with van der Waals surface area (Å²) in [6.07, 6.45) is 4.31. The van der Waals surface area contributed by atoms with E-state index in [2.05, 4.69) is 4.90 Å². The van der Waals surface area contributed by atoms with Crippen LogP contribution in [0.25, 0.3) is 0 Å². The van der Waals surface area contributed by atoms with E-state index in [1.807, 2.05) is 14.1 Å². The van der Waals surface area contributed by atoms with Crippen molar-refractivity contribution in [3.05, 3.63) is 33.8 Å². The summed E-state index contributed by atoms with van der Waals surface area (Å²) in [5.74, 6) is 0.0381. The van der Waals surface area contributed by atoms with Gasteiger partial charge in [0.15, 0.2) is 0 Å². The van der Waals surface area contributed by atoms with Gasteiger partial charge in [-0.3, -0.25) is 0 Å². The predicted octanol–water partition coefficient (Wildman–Crippen LogP) is 4.27. The second-order valence-corrected chi connectivity index (χ2v) is 6.72. The van der Waals surface area contributed by atoms with Crippen molar-refractivity contribution in [2.75, 3.05) is 20.6 Å². The lowest BCUT2D eigenvalue weighted by atomic mass is 9.86. The van der Waals surface area contributed by atoms with Crippen LogP contribution in [-0.2, 0) is 4.74 Å². The summed E-state index contributed by atoms with van der Waals surface area (Å²) >= 11 is 11.9. The standard InChI is InChI=1S/C16H21Cl2NO2/c1-19(2)10-11-5-3-4-6-15(11)21-16(20)13-8-7-12(17)9-14(13)18/h7-9,11,15H,3-6,10H2,1-2H3/t11-,15+/m1/s1. The van der Waals surface area contributed by atoms with E-state index in [9.17, 15) is 4.79 Å². The molecule has 2 rings (SSSR count). The van der Waals surface area contributed by atoms with E-state index in [4.69, 9.17) is 27.9 Å². The third-order valence-corrected chi connectivity index (χ3v) is 4.40. The molecule has 0 unspecified atom stereocenters. The van der Waals surface area contributed by atoms with E-state index < -0.39 is 0 Å². The Morgan fingerprint density at radius 3 is 2.67 bits per heavy atom. The van der Waals surface area contributed by atoms with Crippen molar-refractivity contribution in [3.8, 4) is 0 Å². The van der Waals surface area contributed by atoms with Gasteiger partial charge in [-0.15, -0.1) is 0 Å². The minimum absolute atomic E-state index is 0.0274. The van der Waals surface area contributed by atoms with Crippen molar-refractivity contribution < 1.29 is 9.53 Å². The number of ether oxygens (including phenoxy) is 1. The third-order valence-electron chi connectivity index (χ3n) is 3.85. The maximum atomic E-state index is 12.3. The van der Waals surface area contributed by atoms with Crippen LogP contribution >= 0.6 is 23.2 Å². The molecule has 21 heavy (non-hydrogen) atoms. The average molecular weight is 330 g/mol. The van der Waals surface area contributed by atoms with Crippen LogP contribution < -0.4 is 0 Å². The van der Waals surface area contributed by atoms with Crippen molar-refractivity contribution in [1.82, 2.24) is 4.90 Å². The molecule has 1 aromatic rings. The van der Waals surface area contributed by atoms with Gasteiger partial charge in [-0.05, 0) is 51.6 Å². The molecule has 1 aliphatic carbocycles. The minimum Gasteiger partial charge on any atom is -0.458 e. The van der Waals surface area contributed by atoms with Crippen LogP contribution in [0.5, 0.6) is 0 Å². The lowest BCUT2D eigenvalue weighted by molar-refractivity contribution is -0.00322. The molecule has 2 atom stereocenters. The molecule has 116 valence electrons. The molecule has 0 bridgehead atoms. The number of benzene rings is 1. The molecule has 1 fully saturated rings. The second kappa shape index (κ2) is 7.48. The first-order valence-corrected chi connectivity index (χ1v) is 8.03. The van der Waals surface area contributed by atoms with Crippen molar-refractivity contribution in [1.29, 1.82) is 0 Å². The normalized spacial score (nSPS) is 22.3. The minimum atomic E-state index is -0.354. The fraction of sp³-hybridized carbons (Fsp3) is 0.562. The van der Waals surface area contributed by atoms with E-state index in [1.165, 1.54) is 6.42 Å². The summed E-state index contributed by atoms with van der Waals surface area (Å²) < 4.78 is 5.72. The Hall–Kier alpha value is -0.770. The number of nitrogens with zero attached hydrogens (tertiary/aromatic N) is 1. The molecule has 3 nitrogen and oxygen atoms in total. The summed E-state index contributed by atoms with van der Waals surface area (Å²) in [6, 6.07) is 4.84. The van der Waals surface area contributed by atoms with Gasteiger partial charge in [0.2, 0.25) is 0 Å². The molecule has 0 N–H and O–H groups in total. The topological polar surface area (TPSA) is 29.5 Å². The highest BCUT2D eigenvalue weighted by atomic mass is 35.5. The van der Waals surface area contributed by atoms with Crippen LogP contribution in [0.1, 0.15) is 36.0 Å². The van der Waals surface area contributed by atoms with E-state index in [0.29, 0.717) is 21.5 Å². The summed E-state index contributed by atoms with van der Waals surface area (Å²) in [7, 11) is 4.09. The zero-order valence-corrected chi connectivity index (χ0v) is 14.0. The van der Waals surface area contributed by atoms with E-state index >= 15 is 0 Å². The number of esters is 1. The molecule has 0 aromatic heterocycles. The first-order chi connectivity index (χ1) is 9.97. The van der Waals surface area contributed by atoms with Crippen LogP contribution in [0, 0.1) is 5.92 Å². The zero-order valence-electron chi connectivity index (χ0n) is 12.4. The van der Waals surface area contributed by atoms with Crippen LogP contribution in [-0.4, -0.2) is 37.6 Å². The van der Waals surface area contributed by atoms with E-state index in [-0.39, 0.29) is 12.1 Å². The van der Waals surface area contributed by atoms with E-state index in [0.717, 1.165) is 25.8 Å². The van der Waals surface area contributed by atoms with Gasteiger partial charge in [0, 0.05) is 17.5 Å². The Morgan fingerprint density at radius 2 is 2.00 bits per heavy atom. The lowest BCUT2D eigenvalue weighted by Crippen LogP contribution is -2.36. The Bertz CT molecular complexity index is 505. The van der Waals surface area contributed by atoms with Gasteiger partial charge in [0.1, 0.15) is 6.10 Å². The largest absolute Gasteiger partial charge is 0.458 e. The number of halogens is 2. The smallest absolute Gasteiger partial charge is 0.339 e. The van der Waals surface area contributed by atoms with Crippen LogP contribution in [0.4, 0.5) is 0 Å². The molecule has 1 aromatic carbocycles. The fourth-order valence-corrected chi connectivity index (χ4v) is 3.35. The SMILES string of the molecule is CN(C)C[C@H]1CCCC[C@@H]1OC(=O)c1ccc(Cl)cc1Cl. The second-order valence-electron chi connectivity index (χ2n) is 5.87. The number of hydrogen-bond acceptors (Lipinski definition) is 3. The van der Waals surface area contributed by atoms with Gasteiger partial charge < -0.3 is 9.64 Å². The highest BCUT2D eigenvalue weighted by Gasteiger charge is 2.29. The zero-order chi connectivity index (χ0) is 15.4. The first kappa shape index (κ1) is 16.6. The molecule has 1 aliphatic rings. The molecule has 0 saturated heterocycles. The Balaban J connectivity index is 2.06. The molecule has 1 saturated carbocycles. The molecule has 0 spiro atoms. The number of hydrogen-bond donors (Lipinski definition) is 0. The van der Waals surface area contributed by atoms with Gasteiger partial charge in [-0.1, -0.05) is 29.6 Å². The summed E-state index contributed by atoms with van der Waals surface area (Å²) in [6.45, 7) is 0.937. The molecule has 0 radical (unpaired) electrons. The molecule has 5 heteroatoms. The van der Waals surface area contributed by atoms with Gasteiger partial charge >= 0.3 is 5.97 Å². The van der Waals surface area contributed by atoms with Crippen LogP contribution in [0.2, 0.25) is 10.0 Å². The van der Waals surface area contributed by atoms with Crippen molar-refractivity contribution in [2.24, 2.45) is 5.92 Å². The molecular formula is C16H21Cl2NO2. The molecule has 0 amide bonds. The van der Waals surface area contributed by atoms with Gasteiger partial charge in [-0.25, -0.2) is 4.79 Å². The maximum Gasteiger partial charge on any atom is 0.339 e. The van der Waals surface area contributed by atoms with Gasteiger partial charge in [-0.2, -0.15) is 0 Å². The Labute approximate surface area is 136 Å². The maximum absolute atomic E-state index is 12.3. The van der Waals surface area contributed by atoms with Crippen molar-refractivity contribution in [2.45, 2.75) is 31.8 Å². The fourth-order valence-electron chi connectivity index (χ4n) is 2.86. The molecular weight excluding hydrogens is 309 g/mol. The highest BCUT2D eigenvalue weighted by Crippen LogP contribution is 2.29. The number of rotatable bonds is 4. The molecule has 0 heterocycles. The Kier molecular flexibility index (Phi) is 5.91. The number of carbonyl (C=O) groups is 1. The summed E-state index contributed by atoms with van der Waals surface area (Å²) in [5.41, 5.74) is 0.384. The average Bonchev–Trinajstić information content (AvgIpc) is 2.40.